The Hall–Kier alpha value is -4.07. The van der Waals surface area contributed by atoms with Gasteiger partial charge in [0.2, 0.25) is 0 Å². The van der Waals surface area contributed by atoms with Crippen LogP contribution in [0.4, 0.5) is 4.39 Å². The highest BCUT2D eigenvalue weighted by molar-refractivity contribution is 6.04. The summed E-state index contributed by atoms with van der Waals surface area (Å²) in [7, 11) is 0. The zero-order valence-electron chi connectivity index (χ0n) is 16.6. The van der Waals surface area contributed by atoms with Crippen LogP contribution in [0.1, 0.15) is 21.9 Å². The molecule has 3 aromatic heterocycles. The number of carbonyl (C=O) groups excluding carboxylic acids is 1. The average molecular weight is 414 g/mol. The third-order valence-corrected chi connectivity index (χ3v) is 5.14. The van der Waals surface area contributed by atoms with Gasteiger partial charge in [0, 0.05) is 24.5 Å². The molecule has 1 N–H and O–H groups in total. The van der Waals surface area contributed by atoms with Crippen molar-refractivity contribution in [1.82, 2.24) is 29.7 Å². The first-order chi connectivity index (χ1) is 15.2. The predicted molar refractivity (Wildman–Crippen MR) is 114 cm³/mol. The molecule has 0 saturated carbocycles. The molecule has 0 saturated heterocycles. The molecule has 0 radical (unpaired) electrons. The molecular formula is C23H19FN6O. The van der Waals surface area contributed by atoms with Crippen molar-refractivity contribution < 1.29 is 9.18 Å². The Morgan fingerprint density at radius 1 is 0.968 bits per heavy atom. The Labute approximate surface area is 177 Å². The molecule has 5 aromatic rings. The Bertz CT molecular complexity index is 1370. The number of benzene rings is 2. The number of fused-ring (bicyclic) bond motifs is 2. The number of carbonyl (C=O) groups is 1. The summed E-state index contributed by atoms with van der Waals surface area (Å²) in [5.41, 5.74) is 2.89. The molecule has 2 aromatic carbocycles. The van der Waals surface area contributed by atoms with E-state index in [9.17, 15) is 9.18 Å². The lowest BCUT2D eigenvalue weighted by atomic mass is 10.2. The maximum atomic E-state index is 13.2. The van der Waals surface area contributed by atoms with E-state index in [4.69, 9.17) is 0 Å². The van der Waals surface area contributed by atoms with Gasteiger partial charge >= 0.3 is 0 Å². The number of halogens is 1. The van der Waals surface area contributed by atoms with E-state index in [-0.39, 0.29) is 11.7 Å². The monoisotopic (exact) mass is 414 g/mol. The molecule has 1 amide bonds. The average Bonchev–Trinajstić information content (AvgIpc) is 3.37. The van der Waals surface area contributed by atoms with Crippen LogP contribution in [0, 0.1) is 5.82 Å². The third kappa shape index (κ3) is 3.75. The maximum Gasteiger partial charge on any atom is 0.272 e. The van der Waals surface area contributed by atoms with E-state index in [0.29, 0.717) is 25.2 Å². The Kier molecular flexibility index (Phi) is 4.87. The number of para-hydroxylation sites is 1. The second kappa shape index (κ2) is 7.98. The van der Waals surface area contributed by atoms with Gasteiger partial charge in [-0.2, -0.15) is 5.10 Å². The van der Waals surface area contributed by atoms with E-state index in [0.717, 1.165) is 27.9 Å². The number of pyridine rings is 1. The van der Waals surface area contributed by atoms with Gasteiger partial charge in [-0.1, -0.05) is 36.4 Å². The summed E-state index contributed by atoms with van der Waals surface area (Å²) in [5.74, 6) is 0.250. The van der Waals surface area contributed by atoms with Gasteiger partial charge < -0.3 is 5.32 Å². The van der Waals surface area contributed by atoms with Crippen LogP contribution in [-0.4, -0.2) is 36.8 Å². The van der Waals surface area contributed by atoms with E-state index in [1.807, 2.05) is 53.1 Å². The molecular weight excluding hydrogens is 395 g/mol. The van der Waals surface area contributed by atoms with Crippen LogP contribution >= 0.6 is 0 Å². The number of hydrogen-bond acceptors (Lipinski definition) is 4. The largest absolute Gasteiger partial charge is 0.350 e. The second-order valence-electron chi connectivity index (χ2n) is 7.20. The van der Waals surface area contributed by atoms with Crippen molar-refractivity contribution >= 4 is 22.5 Å². The van der Waals surface area contributed by atoms with Crippen LogP contribution in [0.3, 0.4) is 0 Å². The van der Waals surface area contributed by atoms with Gasteiger partial charge in [-0.25, -0.2) is 4.39 Å². The van der Waals surface area contributed by atoms with E-state index in [1.54, 1.807) is 16.8 Å². The Morgan fingerprint density at radius 3 is 2.65 bits per heavy atom. The summed E-state index contributed by atoms with van der Waals surface area (Å²) in [4.78, 5) is 12.9. The van der Waals surface area contributed by atoms with E-state index < -0.39 is 0 Å². The molecule has 0 unspecified atom stereocenters. The zero-order chi connectivity index (χ0) is 21.2. The van der Waals surface area contributed by atoms with Crippen molar-refractivity contribution in [2.45, 2.75) is 13.0 Å². The van der Waals surface area contributed by atoms with Crippen LogP contribution in [0.2, 0.25) is 0 Å². The molecule has 7 nitrogen and oxygen atoms in total. The molecule has 5 rings (SSSR count). The minimum atomic E-state index is -0.283. The quantitative estimate of drug-likeness (QED) is 0.463. The van der Waals surface area contributed by atoms with Crippen molar-refractivity contribution in [3.63, 3.8) is 0 Å². The highest BCUT2D eigenvalue weighted by atomic mass is 19.1. The zero-order valence-corrected chi connectivity index (χ0v) is 16.6. The van der Waals surface area contributed by atoms with Gasteiger partial charge in [0.05, 0.1) is 12.1 Å². The molecule has 8 heteroatoms. The Balaban J connectivity index is 1.34. The normalized spacial score (nSPS) is 11.3. The van der Waals surface area contributed by atoms with Crippen molar-refractivity contribution in [1.29, 1.82) is 0 Å². The molecule has 0 aliphatic rings. The summed E-state index contributed by atoms with van der Waals surface area (Å²) in [5, 5.41) is 16.6. The first-order valence-electron chi connectivity index (χ1n) is 9.96. The number of amides is 1. The van der Waals surface area contributed by atoms with Gasteiger partial charge in [-0.05, 0) is 35.9 Å². The number of nitrogens with zero attached hydrogens (tertiary/aromatic N) is 5. The summed E-state index contributed by atoms with van der Waals surface area (Å²) in [6, 6.07) is 19.6. The fourth-order valence-electron chi connectivity index (χ4n) is 3.61. The first kappa shape index (κ1) is 18.9. The van der Waals surface area contributed by atoms with Gasteiger partial charge in [0.25, 0.3) is 5.91 Å². The summed E-state index contributed by atoms with van der Waals surface area (Å²) in [6.07, 6.45) is 2.45. The molecule has 0 bridgehead atoms. The van der Waals surface area contributed by atoms with Crippen LogP contribution in [-0.2, 0) is 13.0 Å². The molecule has 0 aliphatic carbocycles. The third-order valence-electron chi connectivity index (χ3n) is 5.14. The number of aromatic nitrogens is 5. The molecule has 154 valence electrons. The van der Waals surface area contributed by atoms with Crippen molar-refractivity contribution in [2.24, 2.45) is 0 Å². The fourth-order valence-corrected chi connectivity index (χ4v) is 3.61. The fraction of sp³-hybridized carbons (Fsp3) is 0.130. The lowest BCUT2D eigenvalue weighted by Gasteiger charge is -2.04. The van der Waals surface area contributed by atoms with Gasteiger partial charge in [-0.15, -0.1) is 10.2 Å². The Morgan fingerprint density at radius 2 is 1.77 bits per heavy atom. The van der Waals surface area contributed by atoms with Crippen LogP contribution in [0.25, 0.3) is 16.6 Å². The molecule has 0 fully saturated rings. The smallest absolute Gasteiger partial charge is 0.272 e. The first-order valence-corrected chi connectivity index (χ1v) is 9.96. The second-order valence-corrected chi connectivity index (χ2v) is 7.20. The molecule has 3 heterocycles. The minimum Gasteiger partial charge on any atom is -0.350 e. The minimum absolute atomic E-state index is 0.247. The highest BCUT2D eigenvalue weighted by Crippen LogP contribution is 2.20. The van der Waals surface area contributed by atoms with Crippen molar-refractivity contribution in [3.8, 4) is 0 Å². The molecule has 0 atom stereocenters. The summed E-state index contributed by atoms with van der Waals surface area (Å²) >= 11 is 0. The topological polar surface area (TPSA) is 77.1 Å². The van der Waals surface area contributed by atoms with Crippen LogP contribution < -0.4 is 5.32 Å². The lowest BCUT2D eigenvalue weighted by molar-refractivity contribution is 0.0949. The number of nitrogens with one attached hydrogen (secondary N) is 1. The number of hydrogen-bond donors (Lipinski definition) is 1. The van der Waals surface area contributed by atoms with Crippen molar-refractivity contribution in [3.05, 3.63) is 95.8 Å². The van der Waals surface area contributed by atoms with Gasteiger partial charge in [0.1, 0.15) is 11.6 Å². The lowest BCUT2D eigenvalue weighted by Crippen LogP contribution is -2.27. The molecule has 0 spiro atoms. The molecule has 0 aliphatic heterocycles. The summed E-state index contributed by atoms with van der Waals surface area (Å²) < 4.78 is 16.9. The van der Waals surface area contributed by atoms with Crippen LogP contribution in [0.5, 0.6) is 0 Å². The SMILES string of the molecule is O=C(NCCc1nnc2ccccn12)c1nn(Cc2ccc(F)cc2)c2ccccc12. The van der Waals surface area contributed by atoms with E-state index >= 15 is 0 Å². The highest BCUT2D eigenvalue weighted by Gasteiger charge is 2.17. The van der Waals surface area contributed by atoms with Gasteiger partial charge in [-0.3, -0.25) is 13.9 Å². The molecule has 31 heavy (non-hydrogen) atoms. The van der Waals surface area contributed by atoms with Gasteiger partial charge in [0.15, 0.2) is 11.3 Å². The van der Waals surface area contributed by atoms with E-state index in [2.05, 4.69) is 20.6 Å². The van der Waals surface area contributed by atoms with E-state index in [1.165, 1.54) is 12.1 Å². The standard InChI is InChI=1S/C23H19FN6O/c24-17-10-8-16(9-11-17)15-30-19-6-2-1-5-18(19)22(28-30)23(31)25-13-12-21-27-26-20-7-3-4-14-29(20)21/h1-11,14H,12-13,15H2,(H,25,31). The predicted octanol–water partition coefficient (Wildman–Crippen LogP) is 3.24. The number of rotatable bonds is 6. The van der Waals surface area contributed by atoms with Crippen LogP contribution in [0.15, 0.2) is 72.9 Å². The van der Waals surface area contributed by atoms with Crippen molar-refractivity contribution in [2.75, 3.05) is 6.54 Å². The summed E-state index contributed by atoms with van der Waals surface area (Å²) in [6.45, 7) is 0.855. The maximum absolute atomic E-state index is 13.2.